The first kappa shape index (κ1) is 22.8. The molecule has 0 aliphatic carbocycles. The van der Waals surface area contributed by atoms with Gasteiger partial charge in [0.15, 0.2) is 5.13 Å². The number of carbonyl (C=O) groups excluding carboxylic acids is 1. The van der Waals surface area contributed by atoms with Gasteiger partial charge in [0.25, 0.3) is 5.91 Å². The SMILES string of the molecule is CCC[C@H](NC(=O)c1ccc(-c2ccc(Nc3nc4ccc(Cl)cc4s3)cc2)cc1)C(=O)O. The Morgan fingerprint density at radius 2 is 1.70 bits per heavy atom. The lowest BCUT2D eigenvalue weighted by atomic mass is 10.0. The molecule has 0 fully saturated rings. The minimum absolute atomic E-state index is 0.390. The lowest BCUT2D eigenvalue weighted by Crippen LogP contribution is -2.40. The van der Waals surface area contributed by atoms with Crippen molar-refractivity contribution >= 4 is 55.8 Å². The number of aliphatic carboxylic acids is 1. The number of aromatic nitrogens is 1. The van der Waals surface area contributed by atoms with Crippen molar-refractivity contribution in [1.29, 1.82) is 0 Å². The topological polar surface area (TPSA) is 91.3 Å². The van der Waals surface area contributed by atoms with Crippen LogP contribution in [0, 0.1) is 0 Å². The summed E-state index contributed by atoms with van der Waals surface area (Å²) in [5.41, 5.74) is 4.19. The van der Waals surface area contributed by atoms with E-state index >= 15 is 0 Å². The average molecular weight is 480 g/mol. The standard InChI is InChI=1S/C25H22ClN3O3S/c1-2-3-21(24(31)32)28-23(30)17-6-4-15(5-7-17)16-8-11-19(12-9-16)27-25-29-20-13-10-18(26)14-22(20)33-25/h4-14,21H,2-3H2,1H3,(H,27,29)(H,28,30)(H,31,32)/t21-/m0/s1. The Labute approximate surface area is 200 Å². The number of benzene rings is 3. The lowest BCUT2D eigenvalue weighted by molar-refractivity contribution is -0.139. The molecule has 168 valence electrons. The molecule has 8 heteroatoms. The van der Waals surface area contributed by atoms with Crippen molar-refractivity contribution < 1.29 is 14.7 Å². The molecule has 33 heavy (non-hydrogen) atoms. The minimum Gasteiger partial charge on any atom is -0.480 e. The Kier molecular flexibility index (Phi) is 6.91. The van der Waals surface area contributed by atoms with Crippen molar-refractivity contribution in [3.63, 3.8) is 0 Å². The molecule has 6 nitrogen and oxygen atoms in total. The summed E-state index contributed by atoms with van der Waals surface area (Å²) in [7, 11) is 0. The largest absolute Gasteiger partial charge is 0.480 e. The van der Waals surface area contributed by atoms with E-state index < -0.39 is 12.0 Å². The zero-order chi connectivity index (χ0) is 23.4. The van der Waals surface area contributed by atoms with E-state index in [1.807, 2.05) is 61.5 Å². The summed E-state index contributed by atoms with van der Waals surface area (Å²) in [6.07, 6.45) is 1.07. The zero-order valence-electron chi connectivity index (χ0n) is 17.8. The molecule has 0 saturated heterocycles. The second kappa shape index (κ2) is 10.0. The van der Waals surface area contributed by atoms with Crippen LogP contribution in [0.5, 0.6) is 0 Å². The first-order chi connectivity index (χ1) is 15.9. The maximum Gasteiger partial charge on any atom is 0.326 e. The molecular formula is C25H22ClN3O3S. The lowest BCUT2D eigenvalue weighted by Gasteiger charge is -2.13. The zero-order valence-corrected chi connectivity index (χ0v) is 19.4. The Hall–Kier alpha value is -3.42. The molecule has 1 amide bonds. The molecule has 4 aromatic rings. The number of rotatable bonds is 8. The number of thiazole rings is 1. The van der Waals surface area contributed by atoms with Gasteiger partial charge in [-0.05, 0) is 60.0 Å². The Balaban J connectivity index is 1.43. The number of hydrogen-bond acceptors (Lipinski definition) is 5. The number of carboxylic acid groups (broad SMARTS) is 1. The second-order valence-electron chi connectivity index (χ2n) is 7.56. The molecule has 0 aliphatic rings. The highest BCUT2D eigenvalue weighted by Crippen LogP contribution is 2.31. The van der Waals surface area contributed by atoms with Crippen molar-refractivity contribution in [2.45, 2.75) is 25.8 Å². The van der Waals surface area contributed by atoms with Gasteiger partial charge in [-0.3, -0.25) is 4.79 Å². The fraction of sp³-hybridized carbons (Fsp3) is 0.160. The van der Waals surface area contributed by atoms with Gasteiger partial charge in [-0.1, -0.05) is 60.5 Å². The van der Waals surface area contributed by atoms with Crippen molar-refractivity contribution in [3.05, 3.63) is 77.3 Å². The third-order valence-corrected chi connectivity index (χ3v) is 6.32. The summed E-state index contributed by atoms with van der Waals surface area (Å²) < 4.78 is 1.02. The van der Waals surface area contributed by atoms with E-state index in [1.165, 1.54) is 11.3 Å². The van der Waals surface area contributed by atoms with Gasteiger partial charge in [0, 0.05) is 16.3 Å². The average Bonchev–Trinajstić information content (AvgIpc) is 3.20. The smallest absolute Gasteiger partial charge is 0.326 e. The molecule has 0 aliphatic heterocycles. The molecule has 1 heterocycles. The number of carbonyl (C=O) groups is 2. The number of anilines is 2. The van der Waals surface area contributed by atoms with Crippen LogP contribution in [0.15, 0.2) is 66.7 Å². The maximum absolute atomic E-state index is 12.4. The quantitative estimate of drug-likeness (QED) is 0.274. The molecule has 1 atom stereocenters. The van der Waals surface area contributed by atoms with Crippen molar-refractivity contribution in [2.24, 2.45) is 0 Å². The van der Waals surface area contributed by atoms with E-state index in [0.29, 0.717) is 23.4 Å². The van der Waals surface area contributed by atoms with Gasteiger partial charge in [-0.15, -0.1) is 0 Å². The fourth-order valence-electron chi connectivity index (χ4n) is 3.42. The molecule has 0 unspecified atom stereocenters. The molecule has 4 rings (SSSR count). The van der Waals surface area contributed by atoms with Gasteiger partial charge < -0.3 is 15.7 Å². The van der Waals surface area contributed by atoms with Gasteiger partial charge in [0.05, 0.1) is 10.2 Å². The van der Waals surface area contributed by atoms with Gasteiger partial charge in [0.2, 0.25) is 0 Å². The third kappa shape index (κ3) is 5.50. The third-order valence-electron chi connectivity index (χ3n) is 5.15. The van der Waals surface area contributed by atoms with Crippen LogP contribution in [-0.2, 0) is 4.79 Å². The number of amides is 1. The predicted octanol–water partition coefficient (Wildman–Crippen LogP) is 6.34. The summed E-state index contributed by atoms with van der Waals surface area (Å²) in [5.74, 6) is -1.41. The molecule has 3 N–H and O–H groups in total. The van der Waals surface area contributed by atoms with E-state index in [4.69, 9.17) is 11.6 Å². The van der Waals surface area contributed by atoms with Crippen LogP contribution in [0.4, 0.5) is 10.8 Å². The normalized spacial score (nSPS) is 11.8. The molecular weight excluding hydrogens is 458 g/mol. The summed E-state index contributed by atoms with van der Waals surface area (Å²) in [4.78, 5) is 28.2. The van der Waals surface area contributed by atoms with Crippen LogP contribution < -0.4 is 10.6 Å². The number of fused-ring (bicyclic) bond motifs is 1. The summed E-state index contributed by atoms with van der Waals surface area (Å²) in [6.45, 7) is 1.88. The van der Waals surface area contributed by atoms with Crippen LogP contribution in [-0.4, -0.2) is 28.0 Å². The number of nitrogens with one attached hydrogen (secondary N) is 2. The molecule has 0 radical (unpaired) electrons. The van der Waals surface area contributed by atoms with E-state index in [0.717, 1.165) is 32.2 Å². The Bertz CT molecular complexity index is 1290. The van der Waals surface area contributed by atoms with E-state index in [-0.39, 0.29) is 5.91 Å². The summed E-state index contributed by atoms with van der Waals surface area (Å²) in [6, 6.07) is 19.8. The van der Waals surface area contributed by atoms with Gasteiger partial charge in [-0.2, -0.15) is 0 Å². The van der Waals surface area contributed by atoms with Gasteiger partial charge in [-0.25, -0.2) is 9.78 Å². The number of hydrogen-bond donors (Lipinski definition) is 3. The number of halogens is 1. The number of carboxylic acids is 1. The fourth-order valence-corrected chi connectivity index (χ4v) is 4.59. The van der Waals surface area contributed by atoms with Crippen LogP contribution in [0.3, 0.4) is 0 Å². The Morgan fingerprint density at radius 1 is 1.03 bits per heavy atom. The highest BCUT2D eigenvalue weighted by atomic mass is 35.5. The predicted molar refractivity (Wildman–Crippen MR) is 134 cm³/mol. The van der Waals surface area contributed by atoms with Crippen LogP contribution in [0.25, 0.3) is 21.3 Å². The van der Waals surface area contributed by atoms with E-state index in [1.54, 1.807) is 12.1 Å². The number of nitrogens with zero attached hydrogens (tertiary/aromatic N) is 1. The monoisotopic (exact) mass is 479 g/mol. The molecule has 0 bridgehead atoms. The van der Waals surface area contributed by atoms with Gasteiger partial charge in [0.1, 0.15) is 6.04 Å². The van der Waals surface area contributed by atoms with Crippen molar-refractivity contribution in [2.75, 3.05) is 5.32 Å². The van der Waals surface area contributed by atoms with Crippen LogP contribution in [0.1, 0.15) is 30.1 Å². The van der Waals surface area contributed by atoms with E-state index in [9.17, 15) is 14.7 Å². The van der Waals surface area contributed by atoms with Crippen LogP contribution >= 0.6 is 22.9 Å². The molecule has 3 aromatic carbocycles. The Morgan fingerprint density at radius 3 is 2.33 bits per heavy atom. The second-order valence-corrected chi connectivity index (χ2v) is 9.03. The maximum atomic E-state index is 12.4. The van der Waals surface area contributed by atoms with E-state index in [2.05, 4.69) is 15.6 Å². The molecule has 0 spiro atoms. The first-order valence-corrected chi connectivity index (χ1v) is 11.7. The van der Waals surface area contributed by atoms with Crippen LogP contribution in [0.2, 0.25) is 5.02 Å². The van der Waals surface area contributed by atoms with Gasteiger partial charge >= 0.3 is 5.97 Å². The summed E-state index contributed by atoms with van der Waals surface area (Å²) >= 11 is 7.59. The highest BCUT2D eigenvalue weighted by molar-refractivity contribution is 7.22. The summed E-state index contributed by atoms with van der Waals surface area (Å²) in [5, 5.41) is 16.6. The van der Waals surface area contributed by atoms with Crippen molar-refractivity contribution in [3.8, 4) is 11.1 Å². The minimum atomic E-state index is -1.02. The van der Waals surface area contributed by atoms with Crippen molar-refractivity contribution in [1.82, 2.24) is 10.3 Å². The first-order valence-electron chi connectivity index (χ1n) is 10.5. The highest BCUT2D eigenvalue weighted by Gasteiger charge is 2.19. The molecule has 0 saturated carbocycles. The molecule has 1 aromatic heterocycles.